The maximum absolute atomic E-state index is 12.0. The van der Waals surface area contributed by atoms with Gasteiger partial charge in [-0.3, -0.25) is 4.79 Å². The molecule has 16 heavy (non-hydrogen) atoms. The average Bonchev–Trinajstić information content (AvgIpc) is 2.36. The molecule has 1 atom stereocenters. The molecular formula is C13H26N2O. The van der Waals surface area contributed by atoms with Crippen molar-refractivity contribution in [2.24, 2.45) is 5.92 Å². The molecule has 0 aromatic rings. The summed E-state index contributed by atoms with van der Waals surface area (Å²) in [7, 11) is 2.18. The van der Waals surface area contributed by atoms with Gasteiger partial charge < -0.3 is 9.80 Å². The maximum atomic E-state index is 12.0. The molecule has 0 aromatic carbocycles. The second kappa shape index (κ2) is 6.24. The molecule has 3 nitrogen and oxygen atoms in total. The Hall–Kier alpha value is -0.570. The van der Waals surface area contributed by atoms with Gasteiger partial charge in [0.05, 0.1) is 0 Å². The van der Waals surface area contributed by atoms with Crippen LogP contribution in [0.4, 0.5) is 0 Å². The first kappa shape index (κ1) is 13.5. The highest BCUT2D eigenvalue weighted by atomic mass is 16.2. The van der Waals surface area contributed by atoms with E-state index in [4.69, 9.17) is 0 Å². The molecule has 1 aliphatic rings. The van der Waals surface area contributed by atoms with Crippen LogP contribution in [0.3, 0.4) is 0 Å². The van der Waals surface area contributed by atoms with Gasteiger partial charge in [0.2, 0.25) is 5.91 Å². The van der Waals surface area contributed by atoms with E-state index in [0.29, 0.717) is 11.9 Å². The maximum Gasteiger partial charge on any atom is 0.225 e. The van der Waals surface area contributed by atoms with Gasteiger partial charge in [-0.05, 0) is 32.9 Å². The minimum Gasteiger partial charge on any atom is -0.342 e. The van der Waals surface area contributed by atoms with E-state index in [1.165, 1.54) is 0 Å². The van der Waals surface area contributed by atoms with E-state index in [0.717, 1.165) is 38.9 Å². The quantitative estimate of drug-likeness (QED) is 0.732. The SMILES string of the molecule is CCC(C)C(=O)N1CCC(N(C)CC)CC1. The van der Waals surface area contributed by atoms with Crippen molar-refractivity contribution in [3.63, 3.8) is 0 Å². The standard InChI is InChI=1S/C13H26N2O/c1-5-11(3)13(16)15-9-7-12(8-10-15)14(4)6-2/h11-12H,5-10H2,1-4H3. The second-order valence-electron chi connectivity index (χ2n) is 4.94. The van der Waals surface area contributed by atoms with Crippen LogP contribution >= 0.6 is 0 Å². The normalized spacial score (nSPS) is 20.2. The van der Waals surface area contributed by atoms with Crippen LogP contribution in [0.5, 0.6) is 0 Å². The third-order valence-electron chi connectivity index (χ3n) is 3.93. The molecule has 1 fully saturated rings. The summed E-state index contributed by atoms with van der Waals surface area (Å²) < 4.78 is 0. The minimum atomic E-state index is 0.195. The molecule has 3 heteroatoms. The number of hydrogen-bond acceptors (Lipinski definition) is 2. The fourth-order valence-corrected chi connectivity index (χ4v) is 2.27. The van der Waals surface area contributed by atoms with Crippen LogP contribution in [-0.2, 0) is 4.79 Å². The Morgan fingerprint density at radius 2 is 1.94 bits per heavy atom. The highest BCUT2D eigenvalue weighted by molar-refractivity contribution is 5.78. The summed E-state index contributed by atoms with van der Waals surface area (Å²) in [6.07, 6.45) is 3.21. The summed E-state index contributed by atoms with van der Waals surface area (Å²) in [5, 5.41) is 0. The van der Waals surface area contributed by atoms with Gasteiger partial charge in [0, 0.05) is 25.0 Å². The minimum absolute atomic E-state index is 0.195. The zero-order valence-electron chi connectivity index (χ0n) is 11.2. The molecule has 1 aliphatic heterocycles. The van der Waals surface area contributed by atoms with Gasteiger partial charge >= 0.3 is 0 Å². The Balaban J connectivity index is 2.40. The van der Waals surface area contributed by atoms with Crippen molar-refractivity contribution in [3.8, 4) is 0 Å². The Bertz CT molecular complexity index is 222. The molecule has 1 amide bonds. The largest absolute Gasteiger partial charge is 0.342 e. The van der Waals surface area contributed by atoms with Gasteiger partial charge in [-0.25, -0.2) is 0 Å². The van der Waals surface area contributed by atoms with Crippen LogP contribution in [-0.4, -0.2) is 48.4 Å². The number of piperidine rings is 1. The van der Waals surface area contributed by atoms with Gasteiger partial charge in [-0.2, -0.15) is 0 Å². The molecular weight excluding hydrogens is 200 g/mol. The lowest BCUT2D eigenvalue weighted by atomic mass is 10.0. The summed E-state index contributed by atoms with van der Waals surface area (Å²) in [6, 6.07) is 0.672. The number of rotatable bonds is 4. The Morgan fingerprint density at radius 3 is 2.38 bits per heavy atom. The zero-order chi connectivity index (χ0) is 12.1. The molecule has 0 radical (unpaired) electrons. The number of nitrogens with zero attached hydrogens (tertiary/aromatic N) is 2. The molecule has 0 aromatic heterocycles. The first-order chi connectivity index (χ1) is 7.60. The van der Waals surface area contributed by atoms with Crippen LogP contribution in [0, 0.1) is 5.92 Å². The summed E-state index contributed by atoms with van der Waals surface area (Å²) >= 11 is 0. The van der Waals surface area contributed by atoms with Crippen LogP contribution < -0.4 is 0 Å². The number of hydrogen-bond donors (Lipinski definition) is 0. The summed E-state index contributed by atoms with van der Waals surface area (Å²) in [4.78, 5) is 16.4. The van der Waals surface area contributed by atoms with E-state index in [-0.39, 0.29) is 5.92 Å². The first-order valence-electron chi connectivity index (χ1n) is 6.59. The third kappa shape index (κ3) is 3.21. The van der Waals surface area contributed by atoms with Crippen molar-refractivity contribution in [1.82, 2.24) is 9.80 Å². The van der Waals surface area contributed by atoms with E-state index in [1.54, 1.807) is 0 Å². The monoisotopic (exact) mass is 226 g/mol. The van der Waals surface area contributed by atoms with Gasteiger partial charge in [0.15, 0.2) is 0 Å². The molecule has 1 saturated heterocycles. The molecule has 0 aliphatic carbocycles. The van der Waals surface area contributed by atoms with Gasteiger partial charge in [-0.15, -0.1) is 0 Å². The predicted molar refractivity (Wildman–Crippen MR) is 67.4 cm³/mol. The summed E-state index contributed by atoms with van der Waals surface area (Å²) in [6.45, 7) is 9.30. The van der Waals surface area contributed by atoms with Crippen LogP contribution in [0.1, 0.15) is 40.0 Å². The zero-order valence-corrected chi connectivity index (χ0v) is 11.2. The van der Waals surface area contributed by atoms with Crippen LogP contribution in [0.2, 0.25) is 0 Å². The lowest BCUT2D eigenvalue weighted by molar-refractivity contribution is -0.136. The third-order valence-corrected chi connectivity index (χ3v) is 3.93. The van der Waals surface area contributed by atoms with Gasteiger partial charge in [-0.1, -0.05) is 20.8 Å². The molecule has 1 unspecified atom stereocenters. The van der Waals surface area contributed by atoms with E-state index < -0.39 is 0 Å². The van der Waals surface area contributed by atoms with E-state index in [2.05, 4.69) is 25.8 Å². The van der Waals surface area contributed by atoms with Gasteiger partial charge in [0.25, 0.3) is 0 Å². The van der Waals surface area contributed by atoms with Gasteiger partial charge in [0.1, 0.15) is 0 Å². The Morgan fingerprint density at radius 1 is 1.38 bits per heavy atom. The fraction of sp³-hybridized carbons (Fsp3) is 0.923. The second-order valence-corrected chi connectivity index (χ2v) is 4.94. The highest BCUT2D eigenvalue weighted by Crippen LogP contribution is 2.17. The van der Waals surface area contributed by atoms with Crippen molar-refractivity contribution in [3.05, 3.63) is 0 Å². The summed E-state index contributed by atoms with van der Waals surface area (Å²) in [5.41, 5.74) is 0. The lowest BCUT2D eigenvalue weighted by Crippen LogP contribution is -2.46. The molecule has 1 rings (SSSR count). The summed E-state index contributed by atoms with van der Waals surface area (Å²) in [5.74, 6) is 0.542. The smallest absolute Gasteiger partial charge is 0.225 e. The Labute approximate surface area is 99.8 Å². The number of carbonyl (C=O) groups is 1. The van der Waals surface area contributed by atoms with E-state index in [9.17, 15) is 4.79 Å². The van der Waals surface area contributed by atoms with Crippen molar-refractivity contribution >= 4 is 5.91 Å². The average molecular weight is 226 g/mol. The predicted octanol–water partition coefficient (Wildman–Crippen LogP) is 1.98. The lowest BCUT2D eigenvalue weighted by Gasteiger charge is -2.37. The van der Waals surface area contributed by atoms with E-state index in [1.807, 2.05) is 11.8 Å². The molecule has 94 valence electrons. The first-order valence-corrected chi connectivity index (χ1v) is 6.59. The van der Waals surface area contributed by atoms with Crippen LogP contribution in [0.15, 0.2) is 0 Å². The van der Waals surface area contributed by atoms with Crippen molar-refractivity contribution in [2.45, 2.75) is 46.1 Å². The number of amides is 1. The van der Waals surface area contributed by atoms with Crippen molar-refractivity contribution in [2.75, 3.05) is 26.7 Å². The van der Waals surface area contributed by atoms with Crippen molar-refractivity contribution < 1.29 is 4.79 Å². The fourth-order valence-electron chi connectivity index (χ4n) is 2.27. The molecule has 0 saturated carbocycles. The Kier molecular flexibility index (Phi) is 5.26. The van der Waals surface area contributed by atoms with Crippen molar-refractivity contribution in [1.29, 1.82) is 0 Å². The molecule has 1 heterocycles. The topological polar surface area (TPSA) is 23.6 Å². The van der Waals surface area contributed by atoms with Crippen LogP contribution in [0.25, 0.3) is 0 Å². The highest BCUT2D eigenvalue weighted by Gasteiger charge is 2.26. The number of likely N-dealkylation sites (tertiary alicyclic amines) is 1. The molecule has 0 bridgehead atoms. The molecule has 0 spiro atoms. The number of carbonyl (C=O) groups excluding carboxylic acids is 1. The van der Waals surface area contributed by atoms with E-state index >= 15 is 0 Å². The molecule has 0 N–H and O–H groups in total.